The molecule has 0 radical (unpaired) electrons. The summed E-state index contributed by atoms with van der Waals surface area (Å²) in [6.07, 6.45) is 4.58. The van der Waals surface area contributed by atoms with Crippen LogP contribution in [-0.2, 0) is 11.3 Å². The van der Waals surface area contributed by atoms with E-state index in [1.807, 2.05) is 14.1 Å². The first-order chi connectivity index (χ1) is 9.43. The lowest BCUT2D eigenvalue weighted by atomic mass is 9.75. The molecule has 20 heavy (non-hydrogen) atoms. The third-order valence-corrected chi connectivity index (χ3v) is 3.91. The Labute approximate surface area is 116 Å². The van der Waals surface area contributed by atoms with E-state index in [4.69, 9.17) is 5.11 Å². The summed E-state index contributed by atoms with van der Waals surface area (Å²) in [4.78, 5) is 24.6. The average Bonchev–Trinajstić information content (AvgIpc) is 2.75. The summed E-state index contributed by atoms with van der Waals surface area (Å²) in [7, 11) is 4.03. The van der Waals surface area contributed by atoms with E-state index in [1.54, 1.807) is 0 Å². The molecule has 1 fully saturated rings. The SMILES string of the molecule is CN(C)C1(CNC(=O)Cn2cc(C(=O)O)nn2)CCC1. The number of aromatic carboxylic acids is 1. The van der Waals surface area contributed by atoms with Crippen LogP contribution in [-0.4, -0.2) is 63.1 Å². The molecule has 0 atom stereocenters. The van der Waals surface area contributed by atoms with Gasteiger partial charge in [-0.2, -0.15) is 0 Å². The van der Waals surface area contributed by atoms with Crippen molar-refractivity contribution >= 4 is 11.9 Å². The second-order valence-electron chi connectivity index (χ2n) is 5.36. The Morgan fingerprint density at radius 2 is 2.20 bits per heavy atom. The highest BCUT2D eigenvalue weighted by atomic mass is 16.4. The lowest BCUT2D eigenvalue weighted by Gasteiger charge is -2.47. The minimum absolute atomic E-state index is 0.0240. The molecule has 1 amide bonds. The minimum Gasteiger partial charge on any atom is -0.476 e. The third kappa shape index (κ3) is 2.96. The molecule has 0 saturated heterocycles. The molecule has 0 aromatic carbocycles. The van der Waals surface area contributed by atoms with E-state index in [-0.39, 0.29) is 23.7 Å². The van der Waals surface area contributed by atoms with E-state index < -0.39 is 5.97 Å². The van der Waals surface area contributed by atoms with Gasteiger partial charge in [-0.05, 0) is 33.4 Å². The van der Waals surface area contributed by atoms with Crippen molar-refractivity contribution in [3.63, 3.8) is 0 Å². The van der Waals surface area contributed by atoms with Crippen LogP contribution in [0.15, 0.2) is 6.20 Å². The monoisotopic (exact) mass is 281 g/mol. The maximum absolute atomic E-state index is 11.8. The lowest BCUT2D eigenvalue weighted by molar-refractivity contribution is -0.122. The van der Waals surface area contributed by atoms with E-state index in [0.717, 1.165) is 12.8 Å². The van der Waals surface area contributed by atoms with Crippen molar-refractivity contribution < 1.29 is 14.7 Å². The van der Waals surface area contributed by atoms with Crippen molar-refractivity contribution in [2.45, 2.75) is 31.3 Å². The zero-order valence-corrected chi connectivity index (χ0v) is 11.7. The number of hydrogen-bond donors (Lipinski definition) is 2. The number of carbonyl (C=O) groups is 2. The summed E-state index contributed by atoms with van der Waals surface area (Å²) in [5.41, 5.74) is -0.105. The molecule has 1 heterocycles. The minimum atomic E-state index is -1.15. The van der Waals surface area contributed by atoms with Crippen LogP contribution in [0.2, 0.25) is 0 Å². The van der Waals surface area contributed by atoms with Crippen LogP contribution >= 0.6 is 0 Å². The third-order valence-electron chi connectivity index (χ3n) is 3.91. The number of carboxylic acid groups (broad SMARTS) is 1. The Balaban J connectivity index is 1.84. The fourth-order valence-corrected chi connectivity index (χ4v) is 2.31. The van der Waals surface area contributed by atoms with Crippen molar-refractivity contribution in [2.75, 3.05) is 20.6 Å². The van der Waals surface area contributed by atoms with Crippen LogP contribution < -0.4 is 5.32 Å². The fourth-order valence-electron chi connectivity index (χ4n) is 2.31. The molecule has 8 nitrogen and oxygen atoms in total. The van der Waals surface area contributed by atoms with E-state index in [9.17, 15) is 9.59 Å². The molecule has 0 bridgehead atoms. The number of aromatic nitrogens is 3. The number of nitrogens with one attached hydrogen (secondary N) is 1. The summed E-state index contributed by atoms with van der Waals surface area (Å²) in [5.74, 6) is -1.35. The highest BCUT2D eigenvalue weighted by molar-refractivity contribution is 5.84. The lowest BCUT2D eigenvalue weighted by Crippen LogP contribution is -2.57. The van der Waals surface area contributed by atoms with Crippen LogP contribution in [0.3, 0.4) is 0 Å². The standard InChI is InChI=1S/C12H19N5O3/c1-16(2)12(4-3-5-12)8-13-10(18)7-17-6-9(11(19)20)14-15-17/h6H,3-5,7-8H2,1-2H3,(H,13,18)(H,19,20). The number of nitrogens with zero attached hydrogens (tertiary/aromatic N) is 4. The first kappa shape index (κ1) is 14.4. The van der Waals surface area contributed by atoms with Crippen molar-refractivity contribution in [3.8, 4) is 0 Å². The zero-order valence-electron chi connectivity index (χ0n) is 11.7. The van der Waals surface area contributed by atoms with E-state index in [1.165, 1.54) is 17.3 Å². The number of likely N-dealkylation sites (N-methyl/N-ethyl adjacent to an activating group) is 1. The smallest absolute Gasteiger partial charge is 0.358 e. The second kappa shape index (κ2) is 5.58. The molecule has 1 aromatic rings. The van der Waals surface area contributed by atoms with Gasteiger partial charge in [0.2, 0.25) is 5.91 Å². The molecular weight excluding hydrogens is 262 g/mol. The van der Waals surface area contributed by atoms with Crippen LogP contribution in [0.5, 0.6) is 0 Å². The zero-order chi connectivity index (χ0) is 14.8. The highest BCUT2D eigenvalue weighted by Crippen LogP contribution is 2.35. The van der Waals surface area contributed by atoms with Crippen molar-refractivity contribution in [2.24, 2.45) is 0 Å². The number of carboxylic acids is 1. The molecule has 2 rings (SSSR count). The van der Waals surface area contributed by atoms with Crippen LogP contribution in [0.25, 0.3) is 0 Å². The number of carbonyl (C=O) groups excluding carboxylic acids is 1. The van der Waals surface area contributed by atoms with Gasteiger partial charge in [0.1, 0.15) is 6.54 Å². The molecule has 1 aliphatic carbocycles. The van der Waals surface area contributed by atoms with Gasteiger partial charge in [0.25, 0.3) is 0 Å². The van der Waals surface area contributed by atoms with Gasteiger partial charge in [-0.15, -0.1) is 5.10 Å². The molecule has 0 spiro atoms. The predicted molar refractivity (Wildman–Crippen MR) is 70.3 cm³/mol. The van der Waals surface area contributed by atoms with Crippen LogP contribution in [0.4, 0.5) is 0 Å². The van der Waals surface area contributed by atoms with Crippen molar-refractivity contribution in [3.05, 3.63) is 11.9 Å². The van der Waals surface area contributed by atoms with Crippen LogP contribution in [0, 0.1) is 0 Å². The second-order valence-corrected chi connectivity index (χ2v) is 5.36. The predicted octanol–water partition coefficient (Wildman–Crippen LogP) is -0.423. The largest absolute Gasteiger partial charge is 0.476 e. The number of hydrogen-bond acceptors (Lipinski definition) is 5. The normalized spacial score (nSPS) is 16.8. The Hall–Kier alpha value is -1.96. The van der Waals surface area contributed by atoms with Crippen LogP contribution in [0.1, 0.15) is 29.8 Å². The first-order valence-electron chi connectivity index (χ1n) is 6.50. The van der Waals surface area contributed by atoms with E-state index in [0.29, 0.717) is 6.54 Å². The molecule has 8 heteroatoms. The van der Waals surface area contributed by atoms with Gasteiger partial charge in [0, 0.05) is 12.1 Å². The molecule has 1 aromatic heterocycles. The van der Waals surface area contributed by atoms with Gasteiger partial charge in [-0.25, -0.2) is 9.48 Å². The molecule has 0 aliphatic heterocycles. The molecule has 2 N–H and O–H groups in total. The Morgan fingerprint density at radius 1 is 1.50 bits per heavy atom. The maximum Gasteiger partial charge on any atom is 0.358 e. The molecule has 110 valence electrons. The summed E-state index contributed by atoms with van der Waals surface area (Å²) in [5, 5.41) is 18.7. The van der Waals surface area contributed by atoms with Gasteiger partial charge in [-0.3, -0.25) is 4.79 Å². The summed E-state index contributed by atoms with van der Waals surface area (Å²) in [6, 6.07) is 0. The average molecular weight is 281 g/mol. The Bertz CT molecular complexity index is 507. The highest BCUT2D eigenvalue weighted by Gasteiger charge is 2.39. The summed E-state index contributed by atoms with van der Waals surface area (Å²) in [6.45, 7) is 0.573. The summed E-state index contributed by atoms with van der Waals surface area (Å²) >= 11 is 0. The Morgan fingerprint density at radius 3 is 2.65 bits per heavy atom. The number of amides is 1. The van der Waals surface area contributed by atoms with Gasteiger partial charge in [0.15, 0.2) is 5.69 Å². The van der Waals surface area contributed by atoms with Gasteiger partial charge < -0.3 is 15.3 Å². The van der Waals surface area contributed by atoms with E-state index >= 15 is 0 Å². The first-order valence-corrected chi connectivity index (χ1v) is 6.50. The quantitative estimate of drug-likeness (QED) is 0.734. The molecule has 1 saturated carbocycles. The molecule has 1 aliphatic rings. The Kier molecular flexibility index (Phi) is 4.03. The van der Waals surface area contributed by atoms with Gasteiger partial charge in [-0.1, -0.05) is 5.21 Å². The topological polar surface area (TPSA) is 100 Å². The molecular formula is C12H19N5O3. The van der Waals surface area contributed by atoms with Crippen molar-refractivity contribution in [1.82, 2.24) is 25.2 Å². The fraction of sp³-hybridized carbons (Fsp3) is 0.667. The van der Waals surface area contributed by atoms with Gasteiger partial charge in [0.05, 0.1) is 6.20 Å². The van der Waals surface area contributed by atoms with Crippen molar-refractivity contribution in [1.29, 1.82) is 0 Å². The number of rotatable bonds is 6. The van der Waals surface area contributed by atoms with Gasteiger partial charge >= 0.3 is 5.97 Å². The molecule has 0 unspecified atom stereocenters. The summed E-state index contributed by atoms with van der Waals surface area (Å²) < 4.78 is 1.22. The van der Waals surface area contributed by atoms with E-state index in [2.05, 4.69) is 20.5 Å². The maximum atomic E-state index is 11.8.